The van der Waals surface area contributed by atoms with Crippen molar-refractivity contribution in [3.8, 4) is 11.5 Å². The van der Waals surface area contributed by atoms with Crippen molar-refractivity contribution in [3.63, 3.8) is 0 Å². The van der Waals surface area contributed by atoms with Crippen LogP contribution in [0.1, 0.15) is 51.1 Å². The number of unbranched alkanes of at least 4 members (excludes halogenated alkanes) is 1. The van der Waals surface area contributed by atoms with E-state index in [1.807, 2.05) is 6.07 Å². The minimum atomic E-state index is 0.367. The highest BCUT2D eigenvalue weighted by atomic mass is 79.9. The molecule has 1 heterocycles. The van der Waals surface area contributed by atoms with Gasteiger partial charge in [-0.1, -0.05) is 42.6 Å². The number of hydrogen-bond acceptors (Lipinski definition) is 3. The number of rotatable bonds is 6. The van der Waals surface area contributed by atoms with E-state index in [4.69, 9.17) is 9.47 Å². The van der Waals surface area contributed by atoms with Gasteiger partial charge in [0, 0.05) is 16.9 Å². The molecule has 1 aromatic carbocycles. The molecular weight excluding hydrogens is 318 g/mol. The van der Waals surface area contributed by atoms with Crippen LogP contribution in [0.15, 0.2) is 16.6 Å². The molecule has 0 radical (unpaired) electrons. The van der Waals surface area contributed by atoms with Gasteiger partial charge in [0.2, 0.25) is 0 Å². The average Bonchev–Trinajstić information content (AvgIpc) is 2.67. The fraction of sp³-hybridized carbons (Fsp3) is 0.625. The Morgan fingerprint density at radius 2 is 1.90 bits per heavy atom. The molecule has 1 N–H and O–H groups in total. The lowest BCUT2D eigenvalue weighted by Gasteiger charge is -2.21. The molecule has 1 aliphatic rings. The monoisotopic (exact) mass is 341 g/mol. The van der Waals surface area contributed by atoms with Gasteiger partial charge in [0.05, 0.1) is 13.2 Å². The summed E-state index contributed by atoms with van der Waals surface area (Å²) in [5.74, 6) is 1.73. The van der Waals surface area contributed by atoms with E-state index in [2.05, 4.69) is 41.2 Å². The number of fused-ring (bicyclic) bond motifs is 1. The maximum Gasteiger partial charge on any atom is 0.162 e. The van der Waals surface area contributed by atoms with Crippen molar-refractivity contribution in [3.05, 3.63) is 22.2 Å². The van der Waals surface area contributed by atoms with Gasteiger partial charge in [-0.25, -0.2) is 0 Å². The molecule has 0 saturated heterocycles. The number of hydrogen-bond donors (Lipinski definition) is 1. The number of halogens is 1. The molecule has 112 valence electrons. The SMILES string of the molecule is CCCCC(NCC)c1cc2c(cc1Br)OCCCO2. The zero-order chi connectivity index (χ0) is 14.4. The number of ether oxygens (including phenoxy) is 2. The van der Waals surface area contributed by atoms with Crippen molar-refractivity contribution in [1.29, 1.82) is 0 Å². The fourth-order valence-corrected chi connectivity index (χ4v) is 3.09. The van der Waals surface area contributed by atoms with Crippen molar-refractivity contribution in [2.75, 3.05) is 19.8 Å². The molecule has 0 fully saturated rings. The molecule has 0 saturated carbocycles. The maximum absolute atomic E-state index is 5.80. The molecule has 1 aromatic rings. The summed E-state index contributed by atoms with van der Waals surface area (Å²) >= 11 is 3.69. The third-order valence-corrected chi connectivity index (χ3v) is 4.23. The Morgan fingerprint density at radius 1 is 1.20 bits per heavy atom. The van der Waals surface area contributed by atoms with E-state index >= 15 is 0 Å². The summed E-state index contributed by atoms with van der Waals surface area (Å²) in [6.45, 7) is 6.80. The van der Waals surface area contributed by atoms with E-state index < -0.39 is 0 Å². The third kappa shape index (κ3) is 3.89. The summed E-state index contributed by atoms with van der Waals surface area (Å²) in [6.07, 6.45) is 4.51. The zero-order valence-electron chi connectivity index (χ0n) is 12.4. The molecule has 0 spiro atoms. The first-order valence-electron chi connectivity index (χ1n) is 7.58. The lowest BCUT2D eigenvalue weighted by molar-refractivity contribution is 0.297. The lowest BCUT2D eigenvalue weighted by Crippen LogP contribution is -2.21. The molecule has 0 aliphatic carbocycles. The van der Waals surface area contributed by atoms with Crippen molar-refractivity contribution >= 4 is 15.9 Å². The van der Waals surface area contributed by atoms with Crippen molar-refractivity contribution in [1.82, 2.24) is 5.32 Å². The average molecular weight is 342 g/mol. The van der Waals surface area contributed by atoms with Crippen LogP contribution in [0, 0.1) is 0 Å². The molecule has 1 unspecified atom stereocenters. The lowest BCUT2D eigenvalue weighted by atomic mass is 10.0. The van der Waals surface area contributed by atoms with E-state index in [1.165, 1.54) is 18.4 Å². The van der Waals surface area contributed by atoms with Gasteiger partial charge in [-0.05, 0) is 30.7 Å². The Hall–Kier alpha value is -0.740. The fourth-order valence-electron chi connectivity index (χ4n) is 2.49. The van der Waals surface area contributed by atoms with Gasteiger partial charge in [0.25, 0.3) is 0 Å². The van der Waals surface area contributed by atoms with Crippen LogP contribution < -0.4 is 14.8 Å². The van der Waals surface area contributed by atoms with Crippen LogP contribution in [0.4, 0.5) is 0 Å². The third-order valence-electron chi connectivity index (χ3n) is 3.54. The normalized spacial score (nSPS) is 15.8. The van der Waals surface area contributed by atoms with Crippen LogP contribution in [0.2, 0.25) is 0 Å². The highest BCUT2D eigenvalue weighted by Crippen LogP contribution is 2.38. The Kier molecular flexibility index (Phi) is 6.17. The van der Waals surface area contributed by atoms with E-state index in [1.54, 1.807) is 0 Å². The first-order valence-corrected chi connectivity index (χ1v) is 8.38. The molecule has 1 atom stereocenters. The largest absolute Gasteiger partial charge is 0.490 e. The second-order valence-corrected chi connectivity index (χ2v) is 5.98. The predicted octanol–water partition coefficient (Wildman–Crippen LogP) is 4.45. The highest BCUT2D eigenvalue weighted by molar-refractivity contribution is 9.10. The van der Waals surface area contributed by atoms with Crippen molar-refractivity contribution < 1.29 is 9.47 Å². The number of benzene rings is 1. The van der Waals surface area contributed by atoms with Crippen LogP contribution in [0.5, 0.6) is 11.5 Å². The quantitative estimate of drug-likeness (QED) is 0.828. The summed E-state index contributed by atoms with van der Waals surface area (Å²) in [6, 6.07) is 4.55. The second kappa shape index (κ2) is 7.89. The highest BCUT2D eigenvalue weighted by Gasteiger charge is 2.19. The van der Waals surface area contributed by atoms with E-state index in [0.29, 0.717) is 6.04 Å². The maximum atomic E-state index is 5.80. The minimum Gasteiger partial charge on any atom is -0.490 e. The molecule has 0 aromatic heterocycles. The Bertz CT molecular complexity index is 437. The standard InChI is InChI=1S/C16H24BrNO2/c1-3-5-7-14(18-4-2)12-10-15-16(11-13(12)17)20-9-6-8-19-15/h10-11,14,18H,3-9H2,1-2H3. The summed E-state index contributed by atoms with van der Waals surface area (Å²) in [4.78, 5) is 0. The Balaban J connectivity index is 2.26. The molecule has 20 heavy (non-hydrogen) atoms. The van der Waals surface area contributed by atoms with Gasteiger partial charge in [-0.3, -0.25) is 0 Å². The van der Waals surface area contributed by atoms with Gasteiger partial charge in [-0.15, -0.1) is 0 Å². The number of nitrogens with one attached hydrogen (secondary N) is 1. The van der Waals surface area contributed by atoms with Crippen molar-refractivity contribution in [2.45, 2.75) is 45.6 Å². The smallest absolute Gasteiger partial charge is 0.162 e. The Labute approximate surface area is 130 Å². The molecule has 1 aliphatic heterocycles. The van der Waals surface area contributed by atoms with Crippen LogP contribution in [0.3, 0.4) is 0 Å². The molecule has 2 rings (SSSR count). The van der Waals surface area contributed by atoms with Crippen LogP contribution >= 0.6 is 15.9 Å². The van der Waals surface area contributed by atoms with Gasteiger partial charge in [0.1, 0.15) is 0 Å². The molecule has 3 nitrogen and oxygen atoms in total. The van der Waals surface area contributed by atoms with Gasteiger partial charge >= 0.3 is 0 Å². The van der Waals surface area contributed by atoms with Crippen molar-refractivity contribution in [2.24, 2.45) is 0 Å². The van der Waals surface area contributed by atoms with Crippen LogP contribution in [-0.4, -0.2) is 19.8 Å². The van der Waals surface area contributed by atoms with Crippen LogP contribution in [0.25, 0.3) is 0 Å². The zero-order valence-corrected chi connectivity index (χ0v) is 14.0. The summed E-state index contributed by atoms with van der Waals surface area (Å²) < 4.78 is 12.6. The molecular formula is C16H24BrNO2. The van der Waals surface area contributed by atoms with E-state index in [-0.39, 0.29) is 0 Å². The van der Waals surface area contributed by atoms with E-state index in [0.717, 1.165) is 48.6 Å². The summed E-state index contributed by atoms with van der Waals surface area (Å²) in [5, 5.41) is 3.57. The summed E-state index contributed by atoms with van der Waals surface area (Å²) in [7, 11) is 0. The predicted molar refractivity (Wildman–Crippen MR) is 85.7 cm³/mol. The molecule has 0 bridgehead atoms. The first kappa shape index (κ1) is 15.6. The van der Waals surface area contributed by atoms with E-state index in [9.17, 15) is 0 Å². The second-order valence-electron chi connectivity index (χ2n) is 5.12. The molecule has 4 heteroatoms. The van der Waals surface area contributed by atoms with Gasteiger partial charge < -0.3 is 14.8 Å². The summed E-state index contributed by atoms with van der Waals surface area (Å²) in [5.41, 5.74) is 1.27. The Morgan fingerprint density at radius 3 is 2.55 bits per heavy atom. The topological polar surface area (TPSA) is 30.5 Å². The van der Waals surface area contributed by atoms with Gasteiger partial charge in [-0.2, -0.15) is 0 Å². The van der Waals surface area contributed by atoms with Crippen LogP contribution in [-0.2, 0) is 0 Å². The van der Waals surface area contributed by atoms with Gasteiger partial charge in [0.15, 0.2) is 11.5 Å². The minimum absolute atomic E-state index is 0.367. The molecule has 0 amide bonds. The first-order chi connectivity index (χ1) is 9.76.